The molecule has 112 valence electrons. The minimum atomic E-state index is -0.323. The largest absolute Gasteiger partial charge is 0.273 e. The van der Waals surface area contributed by atoms with Gasteiger partial charge in [0.05, 0.1) is 11.0 Å². The number of hydrogen-bond donors (Lipinski definition) is 2. The fourth-order valence-electron chi connectivity index (χ4n) is 3.82. The van der Waals surface area contributed by atoms with E-state index in [0.29, 0.717) is 11.5 Å². The first-order chi connectivity index (χ1) is 10.2. The van der Waals surface area contributed by atoms with Crippen molar-refractivity contribution in [3.8, 4) is 0 Å². The first-order valence-corrected chi connectivity index (χ1v) is 7.70. The number of carbonyl (C=O) groups is 2. The normalized spacial score (nSPS) is 27.7. The van der Waals surface area contributed by atoms with Crippen molar-refractivity contribution in [3.63, 3.8) is 0 Å². The zero-order valence-electron chi connectivity index (χ0n) is 12.1. The zero-order chi connectivity index (χ0) is 14.7. The molecule has 2 fully saturated rings. The molecule has 0 unspecified atom stereocenters. The molecule has 1 heterocycles. The molecule has 5 nitrogen and oxygen atoms in total. The molecule has 0 atom stereocenters. The minimum Gasteiger partial charge on any atom is -0.273 e. The molecular formula is C16H21N3O2. The van der Waals surface area contributed by atoms with Crippen molar-refractivity contribution < 1.29 is 9.59 Å². The van der Waals surface area contributed by atoms with Crippen molar-refractivity contribution in [1.82, 2.24) is 15.8 Å². The standard InChI is InChI=1S/C16H21N3O2/c20-14(13-6-3-9-17-11-13)18-19-15(21)16-7-1-4-12(10-16)5-2-8-16/h3,6,9,11-12H,1-2,4-5,7-8,10H2,(H,18,20)(H,19,21). The lowest BCUT2D eigenvalue weighted by atomic mass is 9.61. The fraction of sp³-hybridized carbons (Fsp3) is 0.562. The predicted octanol–water partition coefficient (Wildman–Crippen LogP) is 2.20. The average Bonchev–Trinajstić information content (AvgIpc) is 2.53. The molecule has 0 aromatic carbocycles. The Labute approximate surface area is 124 Å². The van der Waals surface area contributed by atoms with Crippen LogP contribution >= 0.6 is 0 Å². The van der Waals surface area contributed by atoms with Crippen LogP contribution in [0.5, 0.6) is 0 Å². The quantitative estimate of drug-likeness (QED) is 0.819. The van der Waals surface area contributed by atoms with Gasteiger partial charge in [-0.05, 0) is 37.3 Å². The summed E-state index contributed by atoms with van der Waals surface area (Å²) in [4.78, 5) is 28.4. The van der Waals surface area contributed by atoms with E-state index in [1.54, 1.807) is 18.3 Å². The Hall–Kier alpha value is -1.91. The van der Waals surface area contributed by atoms with E-state index in [0.717, 1.165) is 32.1 Å². The number of hydrazine groups is 1. The number of pyridine rings is 1. The summed E-state index contributed by atoms with van der Waals surface area (Å²) in [6, 6.07) is 3.37. The lowest BCUT2D eigenvalue weighted by Gasteiger charge is -2.43. The van der Waals surface area contributed by atoms with Crippen LogP contribution in [0.4, 0.5) is 0 Å². The molecule has 0 aliphatic heterocycles. The number of nitrogens with one attached hydrogen (secondary N) is 2. The highest BCUT2D eigenvalue weighted by molar-refractivity contribution is 5.95. The number of carbonyl (C=O) groups excluding carboxylic acids is 2. The third-order valence-corrected chi connectivity index (χ3v) is 4.91. The fourth-order valence-corrected chi connectivity index (χ4v) is 3.82. The van der Waals surface area contributed by atoms with Crippen molar-refractivity contribution in [3.05, 3.63) is 30.1 Å². The van der Waals surface area contributed by atoms with Gasteiger partial charge < -0.3 is 0 Å². The van der Waals surface area contributed by atoms with Crippen LogP contribution in [0, 0.1) is 11.3 Å². The Morgan fingerprint density at radius 1 is 1.19 bits per heavy atom. The SMILES string of the molecule is O=C(NNC(=O)C12CCCC(CCC1)C2)c1cccnc1. The molecule has 0 saturated heterocycles. The summed E-state index contributed by atoms with van der Waals surface area (Å²) in [5, 5.41) is 0. The Morgan fingerprint density at radius 3 is 2.62 bits per heavy atom. The number of hydrogen-bond acceptors (Lipinski definition) is 3. The van der Waals surface area contributed by atoms with E-state index in [4.69, 9.17) is 0 Å². The third kappa shape index (κ3) is 2.91. The van der Waals surface area contributed by atoms with Gasteiger partial charge in [-0.15, -0.1) is 0 Å². The van der Waals surface area contributed by atoms with Crippen LogP contribution in [0.2, 0.25) is 0 Å². The number of nitrogens with zero attached hydrogens (tertiary/aromatic N) is 1. The van der Waals surface area contributed by atoms with E-state index in [2.05, 4.69) is 15.8 Å². The lowest BCUT2D eigenvalue weighted by molar-refractivity contribution is -0.137. The maximum atomic E-state index is 12.5. The second kappa shape index (κ2) is 5.84. The molecule has 3 rings (SSSR count). The first kappa shape index (κ1) is 14.0. The van der Waals surface area contributed by atoms with E-state index < -0.39 is 0 Å². The predicted molar refractivity (Wildman–Crippen MR) is 78.1 cm³/mol. The van der Waals surface area contributed by atoms with Gasteiger partial charge in [0.25, 0.3) is 5.91 Å². The Balaban J connectivity index is 1.60. The van der Waals surface area contributed by atoms with Gasteiger partial charge >= 0.3 is 0 Å². The van der Waals surface area contributed by atoms with E-state index in [1.165, 1.54) is 19.0 Å². The highest BCUT2D eigenvalue weighted by Crippen LogP contribution is 2.48. The highest BCUT2D eigenvalue weighted by Gasteiger charge is 2.44. The highest BCUT2D eigenvalue weighted by atomic mass is 16.2. The van der Waals surface area contributed by atoms with Gasteiger partial charge in [-0.2, -0.15) is 0 Å². The lowest BCUT2D eigenvalue weighted by Crippen LogP contribution is -2.52. The van der Waals surface area contributed by atoms with Gasteiger partial charge in [0.2, 0.25) is 5.91 Å². The van der Waals surface area contributed by atoms with E-state index >= 15 is 0 Å². The number of aromatic nitrogens is 1. The summed E-state index contributed by atoms with van der Waals surface area (Å²) in [6.07, 6.45) is 10.7. The van der Waals surface area contributed by atoms with E-state index in [-0.39, 0.29) is 17.2 Å². The molecular weight excluding hydrogens is 266 g/mol. The summed E-state index contributed by atoms with van der Waals surface area (Å²) < 4.78 is 0. The smallest absolute Gasteiger partial charge is 0.271 e. The summed E-state index contributed by atoms with van der Waals surface area (Å²) in [6.45, 7) is 0. The van der Waals surface area contributed by atoms with Crippen LogP contribution in [0.1, 0.15) is 55.3 Å². The van der Waals surface area contributed by atoms with E-state index in [9.17, 15) is 9.59 Å². The summed E-state index contributed by atoms with van der Waals surface area (Å²) in [5.74, 6) is 0.340. The van der Waals surface area contributed by atoms with Gasteiger partial charge in [-0.1, -0.05) is 25.7 Å². The minimum absolute atomic E-state index is 0.0239. The van der Waals surface area contributed by atoms with Crippen molar-refractivity contribution >= 4 is 11.8 Å². The molecule has 2 bridgehead atoms. The number of rotatable bonds is 2. The number of fused-ring (bicyclic) bond motifs is 2. The topological polar surface area (TPSA) is 71.1 Å². The van der Waals surface area contributed by atoms with Crippen LogP contribution in [-0.4, -0.2) is 16.8 Å². The van der Waals surface area contributed by atoms with Gasteiger partial charge in [-0.25, -0.2) is 0 Å². The molecule has 2 N–H and O–H groups in total. The molecule has 1 aromatic rings. The summed E-state index contributed by atoms with van der Waals surface area (Å²) in [7, 11) is 0. The molecule has 2 amide bonds. The molecule has 2 aliphatic carbocycles. The van der Waals surface area contributed by atoms with Crippen LogP contribution in [0.15, 0.2) is 24.5 Å². The van der Waals surface area contributed by atoms with Crippen molar-refractivity contribution in [2.45, 2.75) is 44.9 Å². The first-order valence-electron chi connectivity index (χ1n) is 7.70. The molecule has 21 heavy (non-hydrogen) atoms. The zero-order valence-corrected chi connectivity index (χ0v) is 12.1. The maximum Gasteiger partial charge on any atom is 0.271 e. The van der Waals surface area contributed by atoms with Crippen molar-refractivity contribution in [2.24, 2.45) is 11.3 Å². The molecule has 0 spiro atoms. The van der Waals surface area contributed by atoms with Gasteiger partial charge in [-0.3, -0.25) is 25.4 Å². The molecule has 5 heteroatoms. The number of amides is 2. The van der Waals surface area contributed by atoms with Crippen LogP contribution in [0.25, 0.3) is 0 Å². The summed E-state index contributed by atoms with van der Waals surface area (Å²) >= 11 is 0. The molecule has 1 aromatic heterocycles. The maximum absolute atomic E-state index is 12.5. The average molecular weight is 287 g/mol. The van der Waals surface area contributed by atoms with Gasteiger partial charge in [0.1, 0.15) is 0 Å². The van der Waals surface area contributed by atoms with Crippen LogP contribution in [-0.2, 0) is 4.79 Å². The van der Waals surface area contributed by atoms with E-state index in [1.807, 2.05) is 0 Å². The van der Waals surface area contributed by atoms with Crippen LogP contribution < -0.4 is 10.9 Å². The molecule has 0 radical (unpaired) electrons. The second-order valence-corrected chi connectivity index (χ2v) is 6.28. The Morgan fingerprint density at radius 2 is 1.95 bits per heavy atom. The Kier molecular flexibility index (Phi) is 3.90. The second-order valence-electron chi connectivity index (χ2n) is 6.28. The third-order valence-electron chi connectivity index (χ3n) is 4.91. The van der Waals surface area contributed by atoms with Gasteiger partial charge in [0.15, 0.2) is 0 Å². The summed E-state index contributed by atoms with van der Waals surface area (Å²) in [5.41, 5.74) is 5.33. The van der Waals surface area contributed by atoms with Gasteiger partial charge in [0, 0.05) is 12.4 Å². The Bertz CT molecular complexity index is 520. The monoisotopic (exact) mass is 287 g/mol. The van der Waals surface area contributed by atoms with Crippen LogP contribution in [0.3, 0.4) is 0 Å². The molecule has 2 aliphatic rings. The van der Waals surface area contributed by atoms with Crippen molar-refractivity contribution in [1.29, 1.82) is 0 Å². The van der Waals surface area contributed by atoms with Crippen molar-refractivity contribution in [2.75, 3.05) is 0 Å². The molecule has 2 saturated carbocycles.